The first-order valence-electron chi connectivity index (χ1n) is 5.91. The lowest BCUT2D eigenvalue weighted by Gasteiger charge is -2.32. The van der Waals surface area contributed by atoms with E-state index in [1.165, 1.54) is 19.3 Å². The summed E-state index contributed by atoms with van der Waals surface area (Å²) in [5, 5.41) is 0.475. The highest BCUT2D eigenvalue weighted by Crippen LogP contribution is 2.24. The molecule has 2 heterocycles. The second-order valence-electron chi connectivity index (χ2n) is 4.50. The number of piperidine rings is 1. The molecule has 1 fully saturated rings. The van der Waals surface area contributed by atoms with Crippen LogP contribution in [0.25, 0.3) is 0 Å². The first kappa shape index (κ1) is 12.5. The van der Waals surface area contributed by atoms with Gasteiger partial charge in [-0.3, -0.25) is 0 Å². The second-order valence-corrected chi connectivity index (χ2v) is 4.90. The van der Waals surface area contributed by atoms with Gasteiger partial charge in [0.1, 0.15) is 11.6 Å². The Balaban J connectivity index is 1.92. The predicted molar refractivity (Wildman–Crippen MR) is 69.4 cm³/mol. The van der Waals surface area contributed by atoms with Crippen molar-refractivity contribution in [2.24, 2.45) is 0 Å². The van der Waals surface area contributed by atoms with Crippen LogP contribution in [0.3, 0.4) is 0 Å². The normalized spacial score (nSPS) is 21.4. The molecule has 0 saturated carbocycles. The Hall–Kier alpha value is -1.00. The molecule has 4 nitrogen and oxygen atoms in total. The van der Waals surface area contributed by atoms with Crippen LogP contribution in [-0.2, 0) is 0 Å². The molecular weight excluding hydrogens is 238 g/mol. The van der Waals surface area contributed by atoms with E-state index in [2.05, 4.69) is 16.9 Å². The molecule has 0 aromatic carbocycles. The number of rotatable bonds is 3. The highest BCUT2D eigenvalue weighted by Gasteiger charge is 2.19. The summed E-state index contributed by atoms with van der Waals surface area (Å²) >= 11 is 6.00. The Morgan fingerprint density at radius 1 is 1.59 bits per heavy atom. The lowest BCUT2D eigenvalue weighted by atomic mass is 10.0. The number of anilines is 1. The summed E-state index contributed by atoms with van der Waals surface area (Å²) in [6.45, 7) is 1.77. The van der Waals surface area contributed by atoms with Crippen LogP contribution >= 0.6 is 11.6 Å². The molecule has 0 bridgehead atoms. The van der Waals surface area contributed by atoms with E-state index in [4.69, 9.17) is 22.1 Å². The summed E-state index contributed by atoms with van der Waals surface area (Å²) in [6, 6.07) is 2.12. The lowest BCUT2D eigenvalue weighted by Crippen LogP contribution is -2.40. The third-order valence-electron chi connectivity index (χ3n) is 3.16. The zero-order valence-corrected chi connectivity index (χ0v) is 10.8. The number of nitrogens with zero attached hydrogens (tertiary/aromatic N) is 2. The summed E-state index contributed by atoms with van der Waals surface area (Å²) in [7, 11) is 2.13. The molecule has 1 aliphatic rings. The number of halogens is 1. The Morgan fingerprint density at radius 2 is 2.41 bits per heavy atom. The molecule has 0 spiro atoms. The predicted octanol–water partition coefficient (Wildman–Crippen LogP) is 2.18. The van der Waals surface area contributed by atoms with Crippen LogP contribution in [0.4, 0.5) is 5.69 Å². The van der Waals surface area contributed by atoms with Crippen molar-refractivity contribution in [2.75, 3.05) is 25.9 Å². The monoisotopic (exact) mass is 255 g/mol. The maximum absolute atomic E-state index is 6.00. The van der Waals surface area contributed by atoms with E-state index in [1.807, 2.05) is 0 Å². The van der Waals surface area contributed by atoms with Crippen molar-refractivity contribution in [3.05, 3.63) is 17.3 Å². The van der Waals surface area contributed by atoms with Crippen LogP contribution in [0.15, 0.2) is 12.3 Å². The van der Waals surface area contributed by atoms with Crippen LogP contribution in [0.5, 0.6) is 5.88 Å². The third kappa shape index (κ3) is 3.23. The number of nitrogens with two attached hydrogens (primary N) is 1. The van der Waals surface area contributed by atoms with Crippen molar-refractivity contribution in [1.29, 1.82) is 0 Å². The Labute approximate surface area is 107 Å². The van der Waals surface area contributed by atoms with E-state index in [0.29, 0.717) is 29.2 Å². The van der Waals surface area contributed by atoms with Gasteiger partial charge in [0.25, 0.3) is 0 Å². The van der Waals surface area contributed by atoms with Crippen LogP contribution < -0.4 is 10.5 Å². The van der Waals surface area contributed by atoms with E-state index >= 15 is 0 Å². The van der Waals surface area contributed by atoms with Gasteiger partial charge in [-0.25, -0.2) is 4.98 Å². The Kier molecular flexibility index (Phi) is 4.07. The molecule has 5 heteroatoms. The minimum atomic E-state index is 0.458. The summed E-state index contributed by atoms with van der Waals surface area (Å²) in [5.41, 5.74) is 6.13. The van der Waals surface area contributed by atoms with Gasteiger partial charge in [0.2, 0.25) is 5.88 Å². The van der Waals surface area contributed by atoms with Gasteiger partial charge in [-0.1, -0.05) is 18.0 Å². The summed E-state index contributed by atoms with van der Waals surface area (Å²) in [6.07, 6.45) is 5.27. The van der Waals surface area contributed by atoms with Gasteiger partial charge in [-0.2, -0.15) is 0 Å². The molecule has 1 atom stereocenters. The number of nitrogen functional groups attached to an aromatic ring is 1. The van der Waals surface area contributed by atoms with E-state index in [0.717, 1.165) is 6.54 Å². The smallest absolute Gasteiger partial charge is 0.232 e. The zero-order chi connectivity index (χ0) is 12.3. The maximum Gasteiger partial charge on any atom is 0.232 e. The van der Waals surface area contributed by atoms with Crippen LogP contribution in [0.2, 0.25) is 5.02 Å². The SMILES string of the molecule is CN1CCCCC1COc1ncc(N)cc1Cl. The van der Waals surface area contributed by atoms with Gasteiger partial charge in [0.15, 0.2) is 0 Å². The number of likely N-dealkylation sites (tertiary alicyclic amines) is 1. The number of pyridine rings is 1. The Morgan fingerprint density at radius 3 is 3.12 bits per heavy atom. The van der Waals surface area contributed by atoms with Crippen molar-refractivity contribution < 1.29 is 4.74 Å². The van der Waals surface area contributed by atoms with Crippen molar-refractivity contribution in [1.82, 2.24) is 9.88 Å². The van der Waals surface area contributed by atoms with E-state index in [9.17, 15) is 0 Å². The van der Waals surface area contributed by atoms with E-state index in [-0.39, 0.29) is 0 Å². The molecule has 1 saturated heterocycles. The standard InChI is InChI=1S/C12H18ClN3O/c1-16-5-3-2-4-10(16)8-17-12-11(13)6-9(14)7-15-12/h6-7,10H,2-5,8,14H2,1H3. The highest BCUT2D eigenvalue weighted by atomic mass is 35.5. The topological polar surface area (TPSA) is 51.4 Å². The molecule has 94 valence electrons. The van der Waals surface area contributed by atoms with Crippen molar-refractivity contribution in [3.8, 4) is 5.88 Å². The van der Waals surface area contributed by atoms with Crippen LogP contribution in [0, 0.1) is 0 Å². The second kappa shape index (κ2) is 5.56. The van der Waals surface area contributed by atoms with Gasteiger partial charge < -0.3 is 15.4 Å². The minimum Gasteiger partial charge on any atom is -0.475 e. The van der Waals surface area contributed by atoms with Crippen LogP contribution in [-0.4, -0.2) is 36.1 Å². The molecule has 1 aromatic heterocycles. The first-order valence-corrected chi connectivity index (χ1v) is 6.28. The molecule has 17 heavy (non-hydrogen) atoms. The van der Waals surface area contributed by atoms with Gasteiger partial charge in [-0.15, -0.1) is 0 Å². The molecule has 0 amide bonds. The average Bonchev–Trinajstić information content (AvgIpc) is 2.30. The largest absolute Gasteiger partial charge is 0.475 e. The van der Waals surface area contributed by atoms with Gasteiger partial charge in [-0.05, 0) is 32.5 Å². The minimum absolute atomic E-state index is 0.458. The average molecular weight is 256 g/mol. The molecule has 0 aliphatic carbocycles. The fraction of sp³-hybridized carbons (Fsp3) is 0.583. The number of aromatic nitrogens is 1. The molecular formula is C12H18ClN3O. The molecule has 2 N–H and O–H groups in total. The van der Waals surface area contributed by atoms with Crippen molar-refractivity contribution in [3.63, 3.8) is 0 Å². The summed E-state index contributed by atoms with van der Waals surface area (Å²) in [5.74, 6) is 0.472. The van der Waals surface area contributed by atoms with Gasteiger partial charge in [0.05, 0.1) is 11.9 Å². The zero-order valence-electron chi connectivity index (χ0n) is 10.0. The molecule has 1 unspecified atom stereocenters. The van der Waals surface area contributed by atoms with Gasteiger partial charge >= 0.3 is 0 Å². The highest BCUT2D eigenvalue weighted by molar-refractivity contribution is 6.32. The fourth-order valence-electron chi connectivity index (χ4n) is 2.08. The van der Waals surface area contributed by atoms with Crippen molar-refractivity contribution in [2.45, 2.75) is 25.3 Å². The number of hydrogen-bond acceptors (Lipinski definition) is 4. The van der Waals surface area contributed by atoms with Gasteiger partial charge in [0, 0.05) is 6.04 Å². The molecule has 1 aliphatic heterocycles. The fourth-order valence-corrected chi connectivity index (χ4v) is 2.31. The quantitative estimate of drug-likeness (QED) is 0.900. The van der Waals surface area contributed by atoms with Crippen LogP contribution in [0.1, 0.15) is 19.3 Å². The lowest BCUT2D eigenvalue weighted by molar-refractivity contribution is 0.122. The number of likely N-dealkylation sites (N-methyl/N-ethyl adjacent to an activating group) is 1. The van der Waals surface area contributed by atoms with E-state index in [1.54, 1.807) is 12.3 Å². The van der Waals surface area contributed by atoms with E-state index < -0.39 is 0 Å². The summed E-state index contributed by atoms with van der Waals surface area (Å²) in [4.78, 5) is 6.42. The van der Waals surface area contributed by atoms with Crippen molar-refractivity contribution >= 4 is 17.3 Å². The number of ether oxygens (including phenoxy) is 1. The maximum atomic E-state index is 6.00. The summed E-state index contributed by atoms with van der Waals surface area (Å²) < 4.78 is 5.66. The first-order chi connectivity index (χ1) is 8.16. The third-order valence-corrected chi connectivity index (χ3v) is 3.43. The number of hydrogen-bond donors (Lipinski definition) is 1. The molecule has 0 radical (unpaired) electrons. The molecule has 1 aromatic rings. The molecule has 2 rings (SSSR count). The Bertz CT molecular complexity index is 386.